The minimum absolute atomic E-state index is 0.278. The first-order chi connectivity index (χ1) is 8.01. The lowest BCUT2D eigenvalue weighted by Gasteiger charge is -2.51. The van der Waals surface area contributed by atoms with E-state index in [1.807, 2.05) is 0 Å². The van der Waals surface area contributed by atoms with Gasteiger partial charge in [0.2, 0.25) is 0 Å². The Morgan fingerprint density at radius 3 is 2.41 bits per heavy atom. The van der Waals surface area contributed by atoms with Gasteiger partial charge in [-0.3, -0.25) is 4.90 Å². The van der Waals surface area contributed by atoms with Crippen LogP contribution in [0.3, 0.4) is 0 Å². The lowest BCUT2D eigenvalue weighted by atomic mass is 9.67. The predicted molar refractivity (Wildman–Crippen MR) is 73.9 cm³/mol. The van der Waals surface area contributed by atoms with Crippen LogP contribution in [0, 0.1) is 23.7 Å². The average molecular weight is 238 g/mol. The van der Waals surface area contributed by atoms with Gasteiger partial charge in [-0.25, -0.2) is 0 Å². The topological polar surface area (TPSA) is 29.3 Å². The zero-order valence-corrected chi connectivity index (χ0v) is 12.1. The van der Waals surface area contributed by atoms with Crippen LogP contribution in [0.2, 0.25) is 0 Å². The molecule has 5 atom stereocenters. The van der Waals surface area contributed by atoms with Crippen molar-refractivity contribution < 1.29 is 0 Å². The van der Waals surface area contributed by atoms with Gasteiger partial charge in [-0.1, -0.05) is 33.6 Å². The molecule has 2 aliphatic carbocycles. The third kappa shape index (κ3) is 2.39. The molecule has 5 unspecified atom stereocenters. The summed E-state index contributed by atoms with van der Waals surface area (Å²) < 4.78 is 0. The fraction of sp³-hybridized carbons (Fsp3) is 1.00. The largest absolute Gasteiger partial charge is 0.329 e. The van der Waals surface area contributed by atoms with Gasteiger partial charge in [0.05, 0.1) is 0 Å². The molecule has 0 aromatic rings. The van der Waals surface area contributed by atoms with Crippen LogP contribution < -0.4 is 5.73 Å². The normalized spacial score (nSPS) is 46.2. The van der Waals surface area contributed by atoms with Crippen LogP contribution in [0.1, 0.15) is 46.5 Å². The number of hydrogen-bond acceptors (Lipinski definition) is 2. The Labute approximate surface area is 107 Å². The summed E-state index contributed by atoms with van der Waals surface area (Å²) in [5, 5.41) is 0. The van der Waals surface area contributed by atoms with Crippen LogP contribution in [0.4, 0.5) is 0 Å². The van der Waals surface area contributed by atoms with Gasteiger partial charge in [0.1, 0.15) is 0 Å². The molecule has 0 bridgehead atoms. The number of likely N-dealkylation sites (N-methyl/N-ethyl adjacent to an activating group) is 1. The average Bonchev–Trinajstić information content (AvgIpc) is 2.98. The molecule has 0 saturated heterocycles. The van der Waals surface area contributed by atoms with E-state index in [0.717, 1.165) is 30.2 Å². The number of rotatable bonds is 4. The fourth-order valence-corrected chi connectivity index (χ4v) is 3.91. The van der Waals surface area contributed by atoms with Gasteiger partial charge in [-0.15, -0.1) is 0 Å². The van der Waals surface area contributed by atoms with Crippen molar-refractivity contribution >= 4 is 0 Å². The molecule has 0 heterocycles. The molecule has 100 valence electrons. The van der Waals surface area contributed by atoms with E-state index in [1.54, 1.807) is 0 Å². The molecule has 2 aliphatic rings. The number of nitrogens with two attached hydrogens (primary N) is 1. The van der Waals surface area contributed by atoms with E-state index in [2.05, 4.69) is 32.7 Å². The summed E-state index contributed by atoms with van der Waals surface area (Å²) in [4.78, 5) is 2.61. The minimum Gasteiger partial charge on any atom is -0.329 e. The molecule has 2 saturated carbocycles. The molecule has 0 amide bonds. The van der Waals surface area contributed by atoms with Crippen molar-refractivity contribution in [1.82, 2.24) is 4.90 Å². The van der Waals surface area contributed by atoms with Crippen molar-refractivity contribution in [2.75, 3.05) is 20.1 Å². The maximum atomic E-state index is 6.18. The number of nitrogens with zero attached hydrogens (tertiary/aromatic N) is 1. The van der Waals surface area contributed by atoms with E-state index in [4.69, 9.17) is 5.73 Å². The molecule has 0 aromatic heterocycles. The molecule has 0 aliphatic heterocycles. The molecule has 2 rings (SSSR count). The van der Waals surface area contributed by atoms with Crippen molar-refractivity contribution in [2.24, 2.45) is 29.4 Å². The monoisotopic (exact) mass is 238 g/mol. The summed E-state index contributed by atoms with van der Waals surface area (Å²) >= 11 is 0. The summed E-state index contributed by atoms with van der Waals surface area (Å²) in [6.07, 6.45) is 5.46. The molecular weight excluding hydrogens is 208 g/mol. The molecule has 0 spiro atoms. The van der Waals surface area contributed by atoms with Gasteiger partial charge in [0, 0.05) is 18.6 Å². The second-order valence-electron chi connectivity index (χ2n) is 6.82. The highest BCUT2D eigenvalue weighted by Gasteiger charge is 2.45. The van der Waals surface area contributed by atoms with Crippen LogP contribution in [-0.2, 0) is 0 Å². The molecule has 0 radical (unpaired) electrons. The second-order valence-corrected chi connectivity index (χ2v) is 6.82. The minimum atomic E-state index is 0.278. The highest BCUT2D eigenvalue weighted by atomic mass is 15.2. The Morgan fingerprint density at radius 2 is 1.88 bits per heavy atom. The van der Waals surface area contributed by atoms with Crippen molar-refractivity contribution in [3.63, 3.8) is 0 Å². The fourth-order valence-electron chi connectivity index (χ4n) is 3.91. The zero-order chi connectivity index (χ0) is 12.6. The highest BCUT2D eigenvalue weighted by Crippen LogP contribution is 2.44. The molecule has 0 aromatic carbocycles. The van der Waals surface area contributed by atoms with Gasteiger partial charge in [-0.2, -0.15) is 0 Å². The third-order valence-electron chi connectivity index (χ3n) is 5.87. The molecule has 2 fully saturated rings. The SMILES string of the molecule is CC1CC1CN(C)C1(CN)CCCC(C)C1C. The maximum Gasteiger partial charge on any atom is 0.0356 e. The first-order valence-corrected chi connectivity index (χ1v) is 7.42. The van der Waals surface area contributed by atoms with Gasteiger partial charge in [0.25, 0.3) is 0 Å². The van der Waals surface area contributed by atoms with Crippen LogP contribution in [0.15, 0.2) is 0 Å². The Balaban J connectivity index is 2.05. The van der Waals surface area contributed by atoms with E-state index >= 15 is 0 Å². The summed E-state index contributed by atoms with van der Waals surface area (Å²) in [7, 11) is 2.31. The predicted octanol–water partition coefficient (Wildman–Crippen LogP) is 2.73. The van der Waals surface area contributed by atoms with E-state index in [-0.39, 0.29) is 5.54 Å². The van der Waals surface area contributed by atoms with Crippen molar-refractivity contribution in [1.29, 1.82) is 0 Å². The molecule has 2 heteroatoms. The van der Waals surface area contributed by atoms with Crippen molar-refractivity contribution in [3.05, 3.63) is 0 Å². The van der Waals surface area contributed by atoms with Crippen molar-refractivity contribution in [3.8, 4) is 0 Å². The van der Waals surface area contributed by atoms with Gasteiger partial charge >= 0.3 is 0 Å². The Bertz CT molecular complexity index is 266. The smallest absolute Gasteiger partial charge is 0.0356 e. The Morgan fingerprint density at radius 1 is 1.24 bits per heavy atom. The summed E-state index contributed by atoms with van der Waals surface area (Å²) in [5.74, 6) is 3.45. The molecule has 17 heavy (non-hydrogen) atoms. The van der Waals surface area contributed by atoms with E-state index in [1.165, 1.54) is 32.2 Å². The molecule has 2 nitrogen and oxygen atoms in total. The Hall–Kier alpha value is -0.0800. The summed E-state index contributed by atoms with van der Waals surface area (Å²) in [5.41, 5.74) is 6.46. The van der Waals surface area contributed by atoms with Crippen LogP contribution in [0.25, 0.3) is 0 Å². The van der Waals surface area contributed by atoms with Crippen LogP contribution in [0.5, 0.6) is 0 Å². The molecule has 2 N–H and O–H groups in total. The van der Waals surface area contributed by atoms with Crippen molar-refractivity contribution in [2.45, 2.75) is 52.0 Å². The quantitative estimate of drug-likeness (QED) is 0.816. The Kier molecular flexibility index (Phi) is 3.84. The highest BCUT2D eigenvalue weighted by molar-refractivity contribution is 5.01. The van der Waals surface area contributed by atoms with Gasteiger partial charge in [-0.05, 0) is 43.6 Å². The summed E-state index contributed by atoms with van der Waals surface area (Å²) in [6, 6.07) is 0. The van der Waals surface area contributed by atoms with Gasteiger partial charge < -0.3 is 5.73 Å². The standard InChI is InChI=1S/C15H30N2/c1-11-6-5-7-15(10-16,13(11)3)17(4)9-14-8-12(14)2/h11-14H,5-10,16H2,1-4H3. The molecular formula is C15H30N2. The first kappa shape index (κ1) is 13.4. The number of hydrogen-bond donors (Lipinski definition) is 1. The van der Waals surface area contributed by atoms with Gasteiger partial charge in [0.15, 0.2) is 0 Å². The zero-order valence-electron chi connectivity index (χ0n) is 12.1. The lowest BCUT2D eigenvalue weighted by molar-refractivity contribution is 0.00321. The lowest BCUT2D eigenvalue weighted by Crippen LogP contribution is -2.60. The summed E-state index contributed by atoms with van der Waals surface area (Å²) in [6.45, 7) is 9.29. The van der Waals surface area contributed by atoms with Crippen LogP contribution in [-0.4, -0.2) is 30.6 Å². The maximum absolute atomic E-state index is 6.18. The van der Waals surface area contributed by atoms with E-state index < -0.39 is 0 Å². The van der Waals surface area contributed by atoms with E-state index in [0.29, 0.717) is 0 Å². The van der Waals surface area contributed by atoms with E-state index in [9.17, 15) is 0 Å². The second kappa shape index (κ2) is 4.89. The first-order valence-electron chi connectivity index (χ1n) is 7.42. The van der Waals surface area contributed by atoms with Crippen LogP contribution >= 0.6 is 0 Å². The third-order valence-corrected chi connectivity index (χ3v) is 5.87.